The lowest BCUT2D eigenvalue weighted by Crippen LogP contribution is -2.07. The molecule has 1 aromatic carbocycles. The molecule has 2 rings (SSSR count). The van der Waals surface area contributed by atoms with Gasteiger partial charge < -0.3 is 5.73 Å². The lowest BCUT2D eigenvalue weighted by Gasteiger charge is -2.05. The summed E-state index contributed by atoms with van der Waals surface area (Å²) in [5.74, 6) is 0.523. The van der Waals surface area contributed by atoms with Crippen molar-refractivity contribution in [3.8, 4) is 0 Å². The first-order valence-electron chi connectivity index (χ1n) is 5.75. The topological polar surface area (TPSA) is 43.8 Å². The van der Waals surface area contributed by atoms with E-state index in [1.165, 1.54) is 12.1 Å². The van der Waals surface area contributed by atoms with E-state index in [4.69, 9.17) is 5.73 Å². The van der Waals surface area contributed by atoms with Gasteiger partial charge in [-0.3, -0.25) is 0 Å². The molecule has 0 saturated heterocycles. The molecule has 1 heterocycles. The zero-order valence-corrected chi connectivity index (χ0v) is 9.86. The van der Waals surface area contributed by atoms with Crippen molar-refractivity contribution in [3.63, 3.8) is 0 Å². The summed E-state index contributed by atoms with van der Waals surface area (Å²) in [5, 5.41) is 4.24. The van der Waals surface area contributed by atoms with Gasteiger partial charge in [-0.05, 0) is 30.5 Å². The normalized spacial score (nSPS) is 10.7. The summed E-state index contributed by atoms with van der Waals surface area (Å²) >= 11 is 0. The summed E-state index contributed by atoms with van der Waals surface area (Å²) in [4.78, 5) is 0. The lowest BCUT2D eigenvalue weighted by molar-refractivity contribution is 0.615. The molecule has 0 fully saturated rings. The van der Waals surface area contributed by atoms with Gasteiger partial charge in [0, 0.05) is 12.1 Å². The van der Waals surface area contributed by atoms with Crippen molar-refractivity contribution in [1.82, 2.24) is 9.78 Å². The van der Waals surface area contributed by atoms with Gasteiger partial charge in [0.25, 0.3) is 0 Å². The van der Waals surface area contributed by atoms with Crippen LogP contribution in [0.5, 0.6) is 0 Å². The highest BCUT2D eigenvalue weighted by Gasteiger charge is 2.05. The summed E-state index contributed by atoms with van der Waals surface area (Å²) in [6, 6.07) is 6.52. The summed E-state index contributed by atoms with van der Waals surface area (Å²) in [6.07, 6.45) is 3.50. The Bertz CT molecular complexity index is 488. The second-order valence-electron chi connectivity index (χ2n) is 4.01. The van der Waals surface area contributed by atoms with Crippen LogP contribution in [0.25, 0.3) is 0 Å². The Morgan fingerprint density at radius 1 is 1.29 bits per heavy atom. The SMILES string of the molecule is CCc1cnn(CCc2ccc(F)cc2)c1N. The lowest BCUT2D eigenvalue weighted by atomic mass is 10.1. The molecule has 0 saturated carbocycles. The molecule has 0 atom stereocenters. The standard InChI is InChI=1S/C13H16FN3/c1-2-11-9-16-17(13(11)15)8-7-10-3-5-12(14)6-4-10/h3-6,9H,2,7-8,15H2,1H3. The van der Waals surface area contributed by atoms with Crippen molar-refractivity contribution in [2.45, 2.75) is 26.3 Å². The maximum Gasteiger partial charge on any atom is 0.124 e. The number of anilines is 1. The third-order valence-corrected chi connectivity index (χ3v) is 2.87. The minimum Gasteiger partial charge on any atom is -0.384 e. The van der Waals surface area contributed by atoms with Crippen LogP contribution >= 0.6 is 0 Å². The highest BCUT2D eigenvalue weighted by atomic mass is 19.1. The summed E-state index contributed by atoms with van der Waals surface area (Å²) < 4.78 is 14.5. The van der Waals surface area contributed by atoms with Gasteiger partial charge in [-0.2, -0.15) is 5.10 Å². The molecule has 0 aliphatic heterocycles. The molecule has 0 spiro atoms. The molecule has 90 valence electrons. The second kappa shape index (κ2) is 4.99. The Morgan fingerprint density at radius 3 is 2.59 bits per heavy atom. The number of hydrogen-bond acceptors (Lipinski definition) is 2. The van der Waals surface area contributed by atoms with Crippen LogP contribution in [0.2, 0.25) is 0 Å². The van der Waals surface area contributed by atoms with Crippen molar-refractivity contribution in [2.75, 3.05) is 5.73 Å². The first kappa shape index (κ1) is 11.6. The minimum atomic E-state index is -0.208. The number of halogens is 1. The highest BCUT2D eigenvalue weighted by molar-refractivity contribution is 5.38. The Balaban J connectivity index is 2.02. The van der Waals surface area contributed by atoms with E-state index in [1.54, 1.807) is 23.0 Å². The van der Waals surface area contributed by atoms with Crippen LogP contribution in [-0.4, -0.2) is 9.78 Å². The maximum absolute atomic E-state index is 12.7. The van der Waals surface area contributed by atoms with Gasteiger partial charge in [-0.25, -0.2) is 9.07 Å². The van der Waals surface area contributed by atoms with E-state index in [9.17, 15) is 4.39 Å². The summed E-state index contributed by atoms with van der Waals surface area (Å²) in [5.41, 5.74) is 8.10. The number of nitrogens with zero attached hydrogens (tertiary/aromatic N) is 2. The first-order chi connectivity index (χ1) is 8.20. The molecule has 1 aromatic heterocycles. The molecule has 2 aromatic rings. The Hall–Kier alpha value is -1.84. The smallest absolute Gasteiger partial charge is 0.124 e. The van der Waals surface area contributed by atoms with E-state index in [0.717, 1.165) is 36.3 Å². The third-order valence-electron chi connectivity index (χ3n) is 2.87. The number of nitrogens with two attached hydrogens (primary N) is 1. The molecule has 17 heavy (non-hydrogen) atoms. The first-order valence-corrected chi connectivity index (χ1v) is 5.75. The Morgan fingerprint density at radius 2 is 2.00 bits per heavy atom. The average Bonchev–Trinajstić information content (AvgIpc) is 2.69. The van der Waals surface area contributed by atoms with E-state index in [-0.39, 0.29) is 5.82 Å². The Labute approximate surface area is 100 Å². The maximum atomic E-state index is 12.7. The van der Waals surface area contributed by atoms with E-state index in [1.807, 2.05) is 0 Å². The molecular weight excluding hydrogens is 217 g/mol. The third kappa shape index (κ3) is 2.64. The van der Waals surface area contributed by atoms with Gasteiger partial charge in [0.1, 0.15) is 11.6 Å². The number of nitrogen functional groups attached to an aromatic ring is 1. The van der Waals surface area contributed by atoms with Crippen molar-refractivity contribution in [1.29, 1.82) is 0 Å². The Kier molecular flexibility index (Phi) is 3.42. The molecule has 0 unspecified atom stereocenters. The number of benzene rings is 1. The van der Waals surface area contributed by atoms with Crippen molar-refractivity contribution >= 4 is 5.82 Å². The van der Waals surface area contributed by atoms with Crippen LogP contribution in [0, 0.1) is 5.82 Å². The van der Waals surface area contributed by atoms with Crippen molar-refractivity contribution in [3.05, 3.63) is 47.4 Å². The number of aromatic nitrogens is 2. The van der Waals surface area contributed by atoms with Gasteiger partial charge >= 0.3 is 0 Å². The number of aryl methyl sites for hydroxylation is 3. The van der Waals surface area contributed by atoms with Crippen molar-refractivity contribution in [2.24, 2.45) is 0 Å². The zero-order valence-electron chi connectivity index (χ0n) is 9.86. The van der Waals surface area contributed by atoms with Gasteiger partial charge in [0.2, 0.25) is 0 Å². The molecular formula is C13H16FN3. The predicted octanol–water partition coefficient (Wildman–Crippen LogP) is 2.41. The average molecular weight is 233 g/mol. The number of hydrogen-bond donors (Lipinski definition) is 1. The quantitative estimate of drug-likeness (QED) is 0.881. The molecule has 0 aliphatic rings. The summed E-state index contributed by atoms with van der Waals surface area (Å²) in [6.45, 7) is 2.77. The molecule has 0 amide bonds. The minimum absolute atomic E-state index is 0.208. The van der Waals surface area contributed by atoms with Crippen molar-refractivity contribution < 1.29 is 4.39 Å². The van der Waals surface area contributed by atoms with E-state index in [2.05, 4.69) is 12.0 Å². The zero-order chi connectivity index (χ0) is 12.3. The van der Waals surface area contributed by atoms with Crippen LogP contribution in [0.4, 0.5) is 10.2 Å². The second-order valence-corrected chi connectivity index (χ2v) is 4.01. The number of rotatable bonds is 4. The van der Waals surface area contributed by atoms with Crippen LogP contribution in [0.15, 0.2) is 30.5 Å². The molecule has 3 nitrogen and oxygen atoms in total. The molecule has 2 N–H and O–H groups in total. The fourth-order valence-electron chi connectivity index (χ4n) is 1.77. The fraction of sp³-hybridized carbons (Fsp3) is 0.308. The van der Waals surface area contributed by atoms with E-state index < -0.39 is 0 Å². The highest BCUT2D eigenvalue weighted by Crippen LogP contribution is 2.12. The van der Waals surface area contributed by atoms with Crippen LogP contribution in [0.1, 0.15) is 18.1 Å². The van der Waals surface area contributed by atoms with Crippen LogP contribution in [-0.2, 0) is 19.4 Å². The van der Waals surface area contributed by atoms with E-state index in [0.29, 0.717) is 0 Å². The van der Waals surface area contributed by atoms with Gasteiger partial charge in [-0.15, -0.1) is 0 Å². The molecule has 0 aliphatic carbocycles. The van der Waals surface area contributed by atoms with Gasteiger partial charge in [0.15, 0.2) is 0 Å². The predicted molar refractivity (Wildman–Crippen MR) is 66.1 cm³/mol. The van der Waals surface area contributed by atoms with Crippen LogP contribution < -0.4 is 5.73 Å². The largest absolute Gasteiger partial charge is 0.384 e. The molecule has 0 bridgehead atoms. The monoisotopic (exact) mass is 233 g/mol. The van der Waals surface area contributed by atoms with Gasteiger partial charge in [-0.1, -0.05) is 19.1 Å². The van der Waals surface area contributed by atoms with E-state index >= 15 is 0 Å². The van der Waals surface area contributed by atoms with Gasteiger partial charge in [0.05, 0.1) is 6.20 Å². The summed E-state index contributed by atoms with van der Waals surface area (Å²) in [7, 11) is 0. The molecule has 4 heteroatoms. The molecule has 0 radical (unpaired) electrons. The van der Waals surface area contributed by atoms with Crippen LogP contribution in [0.3, 0.4) is 0 Å². The fourth-order valence-corrected chi connectivity index (χ4v) is 1.77.